The Morgan fingerprint density at radius 1 is 1.27 bits per heavy atom. The van der Waals surface area contributed by atoms with Gasteiger partial charge in [0, 0.05) is 13.1 Å². The second-order valence-electron chi connectivity index (χ2n) is 4.24. The van der Waals surface area contributed by atoms with Crippen molar-refractivity contribution >= 4 is 21.8 Å². The number of halogens is 3. The van der Waals surface area contributed by atoms with Gasteiger partial charge in [-0.05, 0) is 13.3 Å². The molecule has 0 unspecified atom stereocenters. The van der Waals surface area contributed by atoms with Crippen molar-refractivity contribution < 1.29 is 21.6 Å². The Kier molecular flexibility index (Phi) is 7.32. The predicted molar refractivity (Wildman–Crippen MR) is 77.1 cm³/mol. The van der Waals surface area contributed by atoms with Crippen LogP contribution in [0.4, 0.5) is 24.9 Å². The van der Waals surface area contributed by atoms with E-state index in [2.05, 4.69) is 25.3 Å². The molecule has 3 N–H and O–H groups in total. The molecule has 0 radical (unpaired) electrons. The van der Waals surface area contributed by atoms with Gasteiger partial charge in [0.1, 0.15) is 0 Å². The summed E-state index contributed by atoms with van der Waals surface area (Å²) < 4.78 is 62.2. The van der Waals surface area contributed by atoms with Crippen LogP contribution in [0.3, 0.4) is 0 Å². The van der Waals surface area contributed by atoms with Crippen molar-refractivity contribution in [2.24, 2.45) is 0 Å². The number of sulfonamides is 1. The molecule has 1 rings (SSSR count). The van der Waals surface area contributed by atoms with Crippen molar-refractivity contribution in [1.29, 1.82) is 0 Å². The third kappa shape index (κ3) is 6.89. The molecule has 22 heavy (non-hydrogen) atoms. The highest BCUT2D eigenvalue weighted by Crippen LogP contribution is 2.12. The zero-order valence-corrected chi connectivity index (χ0v) is 12.8. The molecule has 0 aliphatic heterocycles. The molecule has 7 nitrogen and oxygen atoms in total. The smallest absolute Gasteiger partial charge is 0.255 e. The summed E-state index contributed by atoms with van der Waals surface area (Å²) in [5.41, 5.74) is 0. The highest BCUT2D eigenvalue weighted by Gasteiger charge is 2.09. The van der Waals surface area contributed by atoms with Crippen molar-refractivity contribution in [2.45, 2.75) is 19.8 Å². The molecule has 11 heteroatoms. The second-order valence-corrected chi connectivity index (χ2v) is 6.34. The number of hydrogen-bond acceptors (Lipinski definition) is 6. The van der Waals surface area contributed by atoms with Crippen molar-refractivity contribution in [2.75, 3.05) is 36.0 Å². The molecule has 0 aromatic carbocycles. The molecule has 0 spiro atoms. The summed E-state index contributed by atoms with van der Waals surface area (Å²) in [6.45, 7) is 1.39. The summed E-state index contributed by atoms with van der Waals surface area (Å²) in [4.78, 5) is 7.39. The van der Waals surface area contributed by atoms with Gasteiger partial charge in [-0.3, -0.25) is 0 Å². The molecule has 0 saturated carbocycles. The van der Waals surface area contributed by atoms with E-state index in [1.54, 1.807) is 0 Å². The van der Waals surface area contributed by atoms with Crippen LogP contribution in [-0.4, -0.2) is 50.2 Å². The second kappa shape index (κ2) is 8.73. The molecule has 1 aromatic heterocycles. The van der Waals surface area contributed by atoms with Crippen LogP contribution in [0.25, 0.3) is 0 Å². The van der Waals surface area contributed by atoms with Gasteiger partial charge in [-0.15, -0.1) is 0 Å². The van der Waals surface area contributed by atoms with Crippen molar-refractivity contribution in [3.8, 4) is 0 Å². The molecule has 0 atom stereocenters. The summed E-state index contributed by atoms with van der Waals surface area (Å²) in [6.07, 6.45) is -1.31. The van der Waals surface area contributed by atoms with Crippen molar-refractivity contribution in [3.63, 3.8) is 0 Å². The standard InChI is InChI=1S/C11H18F3N5O2S/c1-2-22(20,21)18-5-3-4-15-11-17-6-8(12)10(19-11)16-7-9(13)14/h6,9,18H,2-5,7H2,1H3,(H2,15,16,17,19). The average Bonchev–Trinajstić information content (AvgIpc) is 2.47. The van der Waals surface area contributed by atoms with E-state index < -0.39 is 28.8 Å². The van der Waals surface area contributed by atoms with Gasteiger partial charge in [0.15, 0.2) is 11.6 Å². The van der Waals surface area contributed by atoms with Crippen molar-refractivity contribution in [1.82, 2.24) is 14.7 Å². The van der Waals surface area contributed by atoms with Gasteiger partial charge < -0.3 is 10.6 Å². The predicted octanol–water partition coefficient (Wildman–Crippen LogP) is 1.03. The number of alkyl halides is 2. The zero-order chi connectivity index (χ0) is 16.6. The largest absolute Gasteiger partial charge is 0.362 e. The molecular formula is C11H18F3N5O2S. The van der Waals surface area contributed by atoms with Gasteiger partial charge in [-0.2, -0.15) is 4.98 Å². The van der Waals surface area contributed by atoms with E-state index in [9.17, 15) is 21.6 Å². The first-order chi connectivity index (χ1) is 10.3. The Morgan fingerprint density at radius 2 is 2.00 bits per heavy atom. The molecule has 0 amide bonds. The maximum Gasteiger partial charge on any atom is 0.255 e. The first-order valence-electron chi connectivity index (χ1n) is 6.60. The van der Waals surface area contributed by atoms with E-state index in [0.29, 0.717) is 13.0 Å². The number of hydrogen-bond donors (Lipinski definition) is 3. The Morgan fingerprint density at radius 3 is 2.64 bits per heavy atom. The minimum absolute atomic E-state index is 0.000663. The molecule has 0 aliphatic rings. The fraction of sp³-hybridized carbons (Fsp3) is 0.636. The van der Waals surface area contributed by atoms with Gasteiger partial charge >= 0.3 is 0 Å². The first kappa shape index (κ1) is 18.4. The van der Waals surface area contributed by atoms with E-state index in [1.165, 1.54) is 6.92 Å². The third-order valence-electron chi connectivity index (χ3n) is 2.51. The van der Waals surface area contributed by atoms with Gasteiger partial charge in [-0.1, -0.05) is 0 Å². The van der Waals surface area contributed by atoms with Gasteiger partial charge in [0.25, 0.3) is 6.43 Å². The summed E-state index contributed by atoms with van der Waals surface area (Å²) in [6, 6.07) is 0. The van der Waals surface area contributed by atoms with Crippen LogP contribution in [0.5, 0.6) is 0 Å². The molecular weight excluding hydrogens is 323 g/mol. The lowest BCUT2D eigenvalue weighted by molar-refractivity contribution is 0.163. The molecule has 1 aromatic rings. The highest BCUT2D eigenvalue weighted by molar-refractivity contribution is 7.89. The summed E-state index contributed by atoms with van der Waals surface area (Å²) >= 11 is 0. The third-order valence-corrected chi connectivity index (χ3v) is 3.91. The van der Waals surface area contributed by atoms with Crippen LogP contribution in [0, 0.1) is 5.82 Å². The van der Waals surface area contributed by atoms with E-state index in [0.717, 1.165) is 6.20 Å². The fourth-order valence-electron chi connectivity index (χ4n) is 1.37. The van der Waals surface area contributed by atoms with Crippen LogP contribution >= 0.6 is 0 Å². The van der Waals surface area contributed by atoms with E-state index in [4.69, 9.17) is 0 Å². The van der Waals surface area contributed by atoms with Crippen LogP contribution in [0.15, 0.2) is 6.20 Å². The Hall–Kier alpha value is -1.62. The topological polar surface area (TPSA) is 96.0 Å². The quantitative estimate of drug-likeness (QED) is 0.550. The minimum Gasteiger partial charge on any atom is -0.362 e. The zero-order valence-electron chi connectivity index (χ0n) is 11.9. The Labute approximate surface area is 126 Å². The molecule has 0 fully saturated rings. The van der Waals surface area contributed by atoms with Crippen LogP contribution in [-0.2, 0) is 10.0 Å². The van der Waals surface area contributed by atoms with E-state index in [1.807, 2.05) is 0 Å². The van der Waals surface area contributed by atoms with Gasteiger partial charge in [-0.25, -0.2) is 31.3 Å². The SMILES string of the molecule is CCS(=O)(=O)NCCCNc1ncc(F)c(NCC(F)F)n1. The lowest BCUT2D eigenvalue weighted by Gasteiger charge is -2.09. The Balaban J connectivity index is 2.41. The number of nitrogens with one attached hydrogen (secondary N) is 3. The number of rotatable bonds is 10. The normalized spacial score (nSPS) is 11.7. The molecule has 1 heterocycles. The van der Waals surface area contributed by atoms with Crippen molar-refractivity contribution in [3.05, 3.63) is 12.0 Å². The number of anilines is 2. The van der Waals surface area contributed by atoms with Gasteiger partial charge in [0.05, 0.1) is 18.5 Å². The lowest BCUT2D eigenvalue weighted by atomic mass is 10.4. The maximum atomic E-state index is 13.3. The number of aromatic nitrogens is 2. The minimum atomic E-state index is -3.23. The van der Waals surface area contributed by atoms with Gasteiger partial charge in [0.2, 0.25) is 16.0 Å². The molecule has 0 bridgehead atoms. The fourth-order valence-corrected chi connectivity index (χ4v) is 2.03. The monoisotopic (exact) mass is 341 g/mol. The molecule has 0 saturated heterocycles. The van der Waals surface area contributed by atoms with E-state index in [-0.39, 0.29) is 24.1 Å². The Bertz CT molecular complexity index is 571. The van der Waals surface area contributed by atoms with Crippen LogP contribution in [0.2, 0.25) is 0 Å². The summed E-state index contributed by atoms with van der Waals surface area (Å²) in [7, 11) is -3.23. The summed E-state index contributed by atoms with van der Waals surface area (Å²) in [5, 5.41) is 4.93. The lowest BCUT2D eigenvalue weighted by Crippen LogP contribution is -2.27. The first-order valence-corrected chi connectivity index (χ1v) is 8.25. The van der Waals surface area contributed by atoms with E-state index >= 15 is 0 Å². The average molecular weight is 341 g/mol. The number of nitrogens with zero attached hydrogens (tertiary/aromatic N) is 2. The maximum absolute atomic E-state index is 13.3. The summed E-state index contributed by atoms with van der Waals surface area (Å²) in [5.74, 6) is -1.08. The van der Waals surface area contributed by atoms with Crippen LogP contribution < -0.4 is 15.4 Å². The van der Waals surface area contributed by atoms with Crippen LogP contribution in [0.1, 0.15) is 13.3 Å². The molecule has 126 valence electrons. The highest BCUT2D eigenvalue weighted by atomic mass is 32.2. The molecule has 0 aliphatic carbocycles.